The molecule has 3 N–H and O–H groups in total. The minimum absolute atomic E-state index is 0.470. The second-order valence-corrected chi connectivity index (χ2v) is 3.72. The van der Waals surface area contributed by atoms with E-state index in [9.17, 15) is 0 Å². The molecule has 1 aromatic rings. The zero-order chi connectivity index (χ0) is 12.1. The second-order valence-electron chi connectivity index (χ2n) is 3.32. The fourth-order valence-corrected chi connectivity index (χ4v) is 1.58. The van der Waals surface area contributed by atoms with Crippen LogP contribution in [0, 0.1) is 0 Å². The Labute approximate surface area is 101 Å². The average Bonchev–Trinajstić information content (AvgIpc) is 2.27. The molecule has 0 radical (unpaired) electrons. The molecule has 2 nitrogen and oxygen atoms in total. The molecule has 0 atom stereocenters. The summed E-state index contributed by atoms with van der Waals surface area (Å²) in [7, 11) is 1.80. The van der Waals surface area contributed by atoms with E-state index in [-0.39, 0.29) is 0 Å². The predicted molar refractivity (Wildman–Crippen MR) is 71.9 cm³/mol. The van der Waals surface area contributed by atoms with Crippen molar-refractivity contribution in [1.29, 1.82) is 0 Å². The molecule has 0 spiro atoms. The summed E-state index contributed by atoms with van der Waals surface area (Å²) >= 11 is 6.13. The van der Waals surface area contributed by atoms with Crippen LogP contribution in [-0.4, -0.2) is 7.05 Å². The summed E-state index contributed by atoms with van der Waals surface area (Å²) in [5.41, 5.74) is 8.82. The number of hydrogen-bond donors (Lipinski definition) is 2. The molecule has 84 valence electrons. The number of rotatable bonds is 4. The molecule has 0 aromatic heterocycles. The molecule has 0 bridgehead atoms. The van der Waals surface area contributed by atoms with Gasteiger partial charge in [-0.25, -0.2) is 0 Å². The van der Waals surface area contributed by atoms with Gasteiger partial charge in [-0.3, -0.25) is 0 Å². The Bertz CT molecular complexity index is 447. The van der Waals surface area contributed by atoms with Gasteiger partial charge in [0.2, 0.25) is 0 Å². The van der Waals surface area contributed by atoms with Gasteiger partial charge in [0.05, 0.1) is 0 Å². The minimum atomic E-state index is 0.470. The van der Waals surface area contributed by atoms with Gasteiger partial charge in [-0.1, -0.05) is 36.9 Å². The largest absolute Gasteiger partial charge is 0.399 e. The maximum absolute atomic E-state index is 6.13. The maximum atomic E-state index is 6.13. The Hall–Kier alpha value is -1.67. The topological polar surface area (TPSA) is 38.0 Å². The van der Waals surface area contributed by atoms with Gasteiger partial charge >= 0.3 is 0 Å². The lowest BCUT2D eigenvalue weighted by atomic mass is 10.0. The molecule has 1 rings (SSSR count). The highest BCUT2D eigenvalue weighted by molar-refractivity contribution is 6.32. The van der Waals surface area contributed by atoms with E-state index in [2.05, 4.69) is 18.5 Å². The quantitative estimate of drug-likeness (QED) is 0.786. The molecule has 0 unspecified atom stereocenters. The number of nitrogens with two attached hydrogens (primary N) is 1. The van der Waals surface area contributed by atoms with Crippen molar-refractivity contribution in [3.63, 3.8) is 0 Å². The lowest BCUT2D eigenvalue weighted by molar-refractivity contribution is 1.10. The van der Waals surface area contributed by atoms with Crippen LogP contribution in [0.1, 0.15) is 11.1 Å². The van der Waals surface area contributed by atoms with Crippen LogP contribution in [0.5, 0.6) is 0 Å². The molecular weight excluding hydrogens is 220 g/mol. The number of nitrogens with one attached hydrogen (secondary N) is 1. The fraction of sp³-hybridized carbons (Fsp3) is 0.0769. The number of benzene rings is 1. The van der Waals surface area contributed by atoms with Crippen molar-refractivity contribution in [2.24, 2.45) is 5.73 Å². The molecule has 0 aliphatic rings. The first-order valence-corrected chi connectivity index (χ1v) is 5.22. The van der Waals surface area contributed by atoms with Gasteiger partial charge in [-0.2, -0.15) is 0 Å². The molecule has 0 amide bonds. The summed E-state index contributed by atoms with van der Waals surface area (Å²) < 4.78 is 0. The lowest BCUT2D eigenvalue weighted by Crippen LogP contribution is -2.04. The van der Waals surface area contributed by atoms with Crippen molar-refractivity contribution in [2.75, 3.05) is 7.05 Å². The van der Waals surface area contributed by atoms with Crippen LogP contribution in [0.15, 0.2) is 43.3 Å². The van der Waals surface area contributed by atoms with Crippen LogP contribution >= 0.6 is 11.6 Å². The molecule has 0 saturated carbocycles. The molecule has 3 heteroatoms. The zero-order valence-electron chi connectivity index (χ0n) is 9.26. The third-order valence-corrected chi connectivity index (χ3v) is 2.48. The van der Waals surface area contributed by atoms with Crippen LogP contribution in [0.25, 0.3) is 11.6 Å². The Kier molecular flexibility index (Phi) is 4.20. The SMILES string of the molecule is C=Cc1ccc(Cl)c(/C(=C/NC)C(=C)N)c1. The lowest BCUT2D eigenvalue weighted by Gasteiger charge is -2.10. The zero-order valence-corrected chi connectivity index (χ0v) is 10.0. The van der Waals surface area contributed by atoms with Crippen LogP contribution in [-0.2, 0) is 0 Å². The van der Waals surface area contributed by atoms with E-state index in [0.29, 0.717) is 10.7 Å². The number of halogens is 1. The first kappa shape index (κ1) is 12.4. The standard InChI is InChI=1S/C13H15ClN2/c1-4-10-5-6-13(14)11(7-10)12(8-16-3)9(2)15/h4-8,16H,1-2,15H2,3H3/b12-8+. The Morgan fingerprint density at radius 3 is 2.69 bits per heavy atom. The maximum Gasteiger partial charge on any atom is 0.0486 e. The predicted octanol–water partition coefficient (Wildman–Crippen LogP) is 3.02. The molecule has 0 aliphatic heterocycles. The van der Waals surface area contributed by atoms with Crippen LogP contribution < -0.4 is 11.1 Å². The Morgan fingerprint density at radius 1 is 1.50 bits per heavy atom. The van der Waals surface area contributed by atoms with Crippen LogP contribution in [0.3, 0.4) is 0 Å². The van der Waals surface area contributed by atoms with Crippen LogP contribution in [0.4, 0.5) is 0 Å². The highest BCUT2D eigenvalue weighted by Gasteiger charge is 2.08. The Balaban J connectivity index is 3.33. The third kappa shape index (κ3) is 2.67. The molecule has 0 fully saturated rings. The molecule has 0 heterocycles. The van der Waals surface area contributed by atoms with E-state index in [4.69, 9.17) is 17.3 Å². The fourth-order valence-electron chi connectivity index (χ4n) is 1.36. The van der Waals surface area contributed by atoms with Gasteiger partial charge in [0, 0.05) is 35.1 Å². The summed E-state index contributed by atoms with van der Waals surface area (Å²) in [6.45, 7) is 7.45. The summed E-state index contributed by atoms with van der Waals surface area (Å²) in [4.78, 5) is 0. The van der Waals surface area contributed by atoms with Gasteiger partial charge in [0.15, 0.2) is 0 Å². The summed E-state index contributed by atoms with van der Waals surface area (Å²) in [6.07, 6.45) is 3.53. The van der Waals surface area contributed by atoms with Gasteiger partial charge < -0.3 is 11.1 Å². The molecule has 16 heavy (non-hydrogen) atoms. The molecule has 0 saturated heterocycles. The number of allylic oxidation sites excluding steroid dienone is 1. The van der Waals surface area contributed by atoms with E-state index < -0.39 is 0 Å². The van der Waals surface area contributed by atoms with Crippen molar-refractivity contribution in [2.45, 2.75) is 0 Å². The Morgan fingerprint density at radius 2 is 2.19 bits per heavy atom. The minimum Gasteiger partial charge on any atom is -0.399 e. The van der Waals surface area contributed by atoms with E-state index in [1.54, 1.807) is 19.3 Å². The first-order valence-electron chi connectivity index (χ1n) is 4.84. The van der Waals surface area contributed by atoms with E-state index in [1.807, 2.05) is 18.2 Å². The normalized spacial score (nSPS) is 11.0. The summed E-state index contributed by atoms with van der Waals surface area (Å²) in [5, 5.41) is 3.56. The highest BCUT2D eigenvalue weighted by atomic mass is 35.5. The molecular formula is C13H15ClN2. The van der Waals surface area contributed by atoms with Crippen molar-refractivity contribution >= 4 is 23.3 Å². The first-order chi connectivity index (χ1) is 7.60. The molecule has 0 aliphatic carbocycles. The van der Waals surface area contributed by atoms with Gasteiger partial charge in [-0.05, 0) is 17.7 Å². The third-order valence-electron chi connectivity index (χ3n) is 2.15. The van der Waals surface area contributed by atoms with Crippen molar-refractivity contribution in [3.8, 4) is 0 Å². The van der Waals surface area contributed by atoms with Crippen molar-refractivity contribution in [1.82, 2.24) is 5.32 Å². The summed E-state index contributed by atoms with van der Waals surface area (Å²) in [5.74, 6) is 0. The monoisotopic (exact) mass is 234 g/mol. The van der Waals surface area contributed by atoms with Gasteiger partial charge in [0.1, 0.15) is 0 Å². The van der Waals surface area contributed by atoms with E-state index >= 15 is 0 Å². The number of hydrogen-bond acceptors (Lipinski definition) is 2. The van der Waals surface area contributed by atoms with E-state index in [0.717, 1.165) is 16.7 Å². The van der Waals surface area contributed by atoms with Crippen LogP contribution in [0.2, 0.25) is 5.02 Å². The highest BCUT2D eigenvalue weighted by Crippen LogP contribution is 2.27. The van der Waals surface area contributed by atoms with Gasteiger partial charge in [-0.15, -0.1) is 0 Å². The second kappa shape index (κ2) is 5.42. The van der Waals surface area contributed by atoms with E-state index in [1.165, 1.54) is 0 Å². The van der Waals surface area contributed by atoms with Crippen molar-refractivity contribution < 1.29 is 0 Å². The smallest absolute Gasteiger partial charge is 0.0486 e. The van der Waals surface area contributed by atoms with Crippen molar-refractivity contribution in [3.05, 3.63) is 59.4 Å². The molecule has 1 aromatic carbocycles. The summed E-state index contributed by atoms with van der Waals surface area (Å²) in [6, 6.07) is 5.64. The van der Waals surface area contributed by atoms with Gasteiger partial charge in [0.25, 0.3) is 0 Å². The average molecular weight is 235 g/mol.